The zero-order valence-electron chi connectivity index (χ0n) is 9.03. The summed E-state index contributed by atoms with van der Waals surface area (Å²) in [6, 6.07) is 5.62. The summed E-state index contributed by atoms with van der Waals surface area (Å²) in [6.45, 7) is 4.28. The van der Waals surface area contributed by atoms with E-state index in [9.17, 15) is 0 Å². The van der Waals surface area contributed by atoms with Crippen LogP contribution in [0.2, 0.25) is 5.02 Å². The molecule has 2 nitrogen and oxygen atoms in total. The van der Waals surface area contributed by atoms with E-state index >= 15 is 0 Å². The summed E-state index contributed by atoms with van der Waals surface area (Å²) in [6.07, 6.45) is 2.26. The first kappa shape index (κ1) is 12.3. The molecular formula is C12H16ClO2. The topological polar surface area (TPSA) is 29.5 Å². The second-order valence-electron chi connectivity index (χ2n) is 3.41. The molecule has 3 heteroatoms. The number of benzene rings is 1. The Morgan fingerprint density at radius 3 is 2.80 bits per heavy atom. The Bertz CT molecular complexity index is 310. The van der Waals surface area contributed by atoms with Crippen molar-refractivity contribution < 1.29 is 9.84 Å². The molecule has 0 aliphatic carbocycles. The van der Waals surface area contributed by atoms with Crippen molar-refractivity contribution in [2.24, 2.45) is 0 Å². The van der Waals surface area contributed by atoms with Gasteiger partial charge in [0, 0.05) is 0 Å². The maximum Gasteiger partial charge on any atom is 0.137 e. The normalized spacial score (nSPS) is 12.5. The molecule has 1 radical (unpaired) electrons. The second-order valence-corrected chi connectivity index (χ2v) is 3.82. The van der Waals surface area contributed by atoms with Gasteiger partial charge in [-0.05, 0) is 44.4 Å². The molecule has 0 aliphatic rings. The molecule has 0 spiro atoms. The van der Waals surface area contributed by atoms with Crippen LogP contribution in [0, 0.1) is 6.42 Å². The van der Waals surface area contributed by atoms with Gasteiger partial charge in [-0.2, -0.15) is 0 Å². The fourth-order valence-electron chi connectivity index (χ4n) is 1.22. The van der Waals surface area contributed by atoms with Crippen molar-refractivity contribution in [3.63, 3.8) is 0 Å². The fourth-order valence-corrected chi connectivity index (χ4v) is 1.47. The maximum absolute atomic E-state index is 9.13. The monoisotopic (exact) mass is 227 g/mol. The van der Waals surface area contributed by atoms with Gasteiger partial charge in [-0.1, -0.05) is 17.7 Å². The summed E-state index contributed by atoms with van der Waals surface area (Å²) in [4.78, 5) is 0. The zero-order valence-corrected chi connectivity index (χ0v) is 9.79. The van der Waals surface area contributed by atoms with Crippen LogP contribution in [0.4, 0.5) is 0 Å². The number of hydrogen-bond acceptors (Lipinski definition) is 2. The number of aliphatic hydroxyl groups excluding tert-OH is 1. The first-order valence-electron chi connectivity index (χ1n) is 5.07. The van der Waals surface area contributed by atoms with Gasteiger partial charge in [0.25, 0.3) is 0 Å². The van der Waals surface area contributed by atoms with Crippen LogP contribution in [0.3, 0.4) is 0 Å². The molecule has 1 rings (SSSR count). The molecule has 1 aromatic rings. The predicted molar refractivity (Wildman–Crippen MR) is 62.3 cm³/mol. The maximum atomic E-state index is 9.13. The molecule has 0 aromatic heterocycles. The van der Waals surface area contributed by atoms with Crippen LogP contribution < -0.4 is 4.74 Å². The average molecular weight is 228 g/mol. The number of ether oxygens (including phenoxy) is 1. The van der Waals surface area contributed by atoms with Crippen LogP contribution in [-0.4, -0.2) is 17.8 Å². The van der Waals surface area contributed by atoms with Gasteiger partial charge in [0.2, 0.25) is 0 Å². The molecule has 1 atom stereocenters. The second kappa shape index (κ2) is 5.99. The summed E-state index contributed by atoms with van der Waals surface area (Å²) in [5, 5.41) is 9.74. The van der Waals surface area contributed by atoms with E-state index in [1.165, 1.54) is 0 Å². The highest BCUT2D eigenvalue weighted by molar-refractivity contribution is 6.32. The molecule has 0 heterocycles. The van der Waals surface area contributed by atoms with Gasteiger partial charge in [0.15, 0.2) is 0 Å². The number of halogens is 1. The molecule has 0 fully saturated rings. The van der Waals surface area contributed by atoms with Crippen molar-refractivity contribution in [2.45, 2.75) is 26.4 Å². The molecule has 0 amide bonds. The fraction of sp³-hybridized carbons (Fsp3) is 0.417. The van der Waals surface area contributed by atoms with E-state index < -0.39 is 0 Å². The van der Waals surface area contributed by atoms with Crippen LogP contribution in [0.5, 0.6) is 5.75 Å². The molecular weight excluding hydrogens is 212 g/mol. The van der Waals surface area contributed by atoms with E-state index in [2.05, 4.69) is 0 Å². The summed E-state index contributed by atoms with van der Waals surface area (Å²) in [5.74, 6) is 0.702. The van der Waals surface area contributed by atoms with Gasteiger partial charge in [-0.25, -0.2) is 0 Å². The van der Waals surface area contributed by atoms with Crippen molar-refractivity contribution in [1.82, 2.24) is 0 Å². The Kier molecular flexibility index (Phi) is 4.92. The third-order valence-electron chi connectivity index (χ3n) is 1.95. The quantitative estimate of drug-likeness (QED) is 0.838. The van der Waals surface area contributed by atoms with E-state index in [1.807, 2.05) is 31.5 Å². The molecule has 15 heavy (non-hydrogen) atoms. The van der Waals surface area contributed by atoms with Gasteiger partial charge in [-0.3, -0.25) is 0 Å². The third kappa shape index (κ3) is 4.10. The van der Waals surface area contributed by atoms with Gasteiger partial charge in [0.1, 0.15) is 5.75 Å². The minimum atomic E-state index is -0.324. The van der Waals surface area contributed by atoms with Crippen LogP contribution in [0.15, 0.2) is 18.2 Å². The minimum Gasteiger partial charge on any atom is -0.492 e. The molecule has 1 N–H and O–H groups in total. The van der Waals surface area contributed by atoms with Crippen molar-refractivity contribution in [3.8, 4) is 5.75 Å². The Morgan fingerprint density at radius 2 is 2.27 bits per heavy atom. The lowest BCUT2D eigenvalue weighted by molar-refractivity contribution is 0.195. The molecule has 83 valence electrons. The van der Waals surface area contributed by atoms with Crippen molar-refractivity contribution >= 4 is 11.6 Å². The first-order valence-corrected chi connectivity index (χ1v) is 5.45. The number of hydrogen-bond donors (Lipinski definition) is 1. The van der Waals surface area contributed by atoms with E-state index in [0.717, 1.165) is 5.56 Å². The van der Waals surface area contributed by atoms with Gasteiger partial charge in [-0.15, -0.1) is 0 Å². The Labute approximate surface area is 95.8 Å². The van der Waals surface area contributed by atoms with Crippen LogP contribution in [0.1, 0.15) is 25.8 Å². The van der Waals surface area contributed by atoms with Gasteiger partial charge < -0.3 is 9.84 Å². The summed E-state index contributed by atoms with van der Waals surface area (Å²) in [7, 11) is 0. The van der Waals surface area contributed by atoms with Crippen LogP contribution in [-0.2, 0) is 0 Å². The molecule has 1 unspecified atom stereocenters. The highest BCUT2D eigenvalue weighted by Crippen LogP contribution is 2.26. The Balaban J connectivity index is 2.64. The standard InChI is InChI=1S/C12H16ClO2/c1-3-15-12-7-6-10(8-11(12)13)5-4-9(2)14/h5-9,14H,3-4H2,1-2H3. The summed E-state index contributed by atoms with van der Waals surface area (Å²) < 4.78 is 5.32. The lowest BCUT2D eigenvalue weighted by atomic mass is 10.1. The zero-order chi connectivity index (χ0) is 11.3. The number of rotatable bonds is 5. The Morgan fingerprint density at radius 1 is 1.53 bits per heavy atom. The summed E-state index contributed by atoms with van der Waals surface area (Å²) >= 11 is 6.02. The molecule has 0 bridgehead atoms. The first-order chi connectivity index (χ1) is 7.13. The van der Waals surface area contributed by atoms with E-state index in [4.69, 9.17) is 21.4 Å². The lowest BCUT2D eigenvalue weighted by Crippen LogP contribution is -2.00. The van der Waals surface area contributed by atoms with E-state index in [0.29, 0.717) is 23.8 Å². The van der Waals surface area contributed by atoms with E-state index in [-0.39, 0.29) is 6.10 Å². The number of aliphatic hydroxyl groups is 1. The molecule has 1 aromatic carbocycles. The van der Waals surface area contributed by atoms with E-state index in [1.54, 1.807) is 6.92 Å². The van der Waals surface area contributed by atoms with Crippen molar-refractivity contribution in [3.05, 3.63) is 35.2 Å². The highest BCUT2D eigenvalue weighted by Gasteiger charge is 2.04. The average Bonchev–Trinajstić information content (AvgIpc) is 2.19. The van der Waals surface area contributed by atoms with Gasteiger partial charge >= 0.3 is 0 Å². The predicted octanol–water partition coefficient (Wildman–Crippen LogP) is 3.06. The lowest BCUT2D eigenvalue weighted by Gasteiger charge is -2.08. The van der Waals surface area contributed by atoms with Crippen molar-refractivity contribution in [2.75, 3.05) is 6.61 Å². The largest absolute Gasteiger partial charge is 0.492 e. The van der Waals surface area contributed by atoms with Crippen LogP contribution in [0.25, 0.3) is 0 Å². The van der Waals surface area contributed by atoms with Crippen LogP contribution >= 0.6 is 11.6 Å². The molecule has 0 aliphatic heterocycles. The molecule has 0 saturated carbocycles. The smallest absolute Gasteiger partial charge is 0.137 e. The highest BCUT2D eigenvalue weighted by atomic mass is 35.5. The minimum absolute atomic E-state index is 0.324. The summed E-state index contributed by atoms with van der Waals surface area (Å²) in [5.41, 5.74) is 1.00. The van der Waals surface area contributed by atoms with Crippen molar-refractivity contribution in [1.29, 1.82) is 0 Å². The SMILES string of the molecule is CCOc1ccc([CH]CC(C)O)cc1Cl. The van der Waals surface area contributed by atoms with Gasteiger partial charge in [0.05, 0.1) is 17.7 Å². The molecule has 0 saturated heterocycles. The Hall–Kier alpha value is -0.730. The third-order valence-corrected chi connectivity index (χ3v) is 2.25.